The Morgan fingerprint density at radius 3 is 2.91 bits per heavy atom. The molecule has 0 radical (unpaired) electrons. The molecule has 22 heavy (non-hydrogen) atoms. The summed E-state index contributed by atoms with van der Waals surface area (Å²) in [6.45, 7) is 2.15. The Hall–Kier alpha value is -0.970. The van der Waals surface area contributed by atoms with E-state index in [-0.39, 0.29) is 11.9 Å². The molecule has 0 aromatic heterocycles. The number of carbonyl (C=O) groups excluding carboxylic acids is 1. The van der Waals surface area contributed by atoms with Crippen molar-refractivity contribution in [3.05, 3.63) is 28.2 Å². The van der Waals surface area contributed by atoms with E-state index in [1.807, 2.05) is 0 Å². The fourth-order valence-electron chi connectivity index (χ4n) is 2.78. The first-order valence-corrected chi connectivity index (χ1v) is 8.51. The third-order valence-corrected chi connectivity index (χ3v) is 4.67. The zero-order chi connectivity index (χ0) is 15.5. The number of amides is 1. The Labute approximate surface area is 140 Å². The molecule has 1 aromatic carbocycles. The highest BCUT2D eigenvalue weighted by atomic mass is 35.5. The average Bonchev–Trinajstić information content (AvgIpc) is 3.17. The van der Waals surface area contributed by atoms with Gasteiger partial charge in [-0.25, -0.2) is 0 Å². The fraction of sp³-hybridized carbons (Fsp3) is 0.562. The van der Waals surface area contributed by atoms with E-state index in [9.17, 15) is 4.79 Å². The minimum atomic E-state index is -0.0148. The number of benzene rings is 1. The first kappa shape index (κ1) is 15.9. The molecule has 6 heteroatoms. The third kappa shape index (κ3) is 4.06. The van der Waals surface area contributed by atoms with E-state index in [2.05, 4.69) is 10.2 Å². The maximum absolute atomic E-state index is 12.2. The van der Waals surface area contributed by atoms with Gasteiger partial charge in [-0.05, 0) is 44.4 Å². The van der Waals surface area contributed by atoms with Crippen LogP contribution >= 0.6 is 23.2 Å². The van der Waals surface area contributed by atoms with Gasteiger partial charge in [0, 0.05) is 23.7 Å². The minimum Gasteiger partial charge on any atom is -0.491 e. The summed E-state index contributed by atoms with van der Waals surface area (Å²) in [6.07, 6.45) is 4.22. The molecule has 1 heterocycles. The molecule has 0 bridgehead atoms. The van der Waals surface area contributed by atoms with Gasteiger partial charge in [0.05, 0.1) is 11.1 Å². The number of hydrogen-bond donors (Lipinski definition) is 1. The van der Waals surface area contributed by atoms with Crippen molar-refractivity contribution >= 4 is 29.1 Å². The molecule has 2 fully saturated rings. The van der Waals surface area contributed by atoms with E-state index in [4.69, 9.17) is 27.9 Å². The lowest BCUT2D eigenvalue weighted by Crippen LogP contribution is -2.45. The van der Waals surface area contributed by atoms with E-state index >= 15 is 0 Å². The van der Waals surface area contributed by atoms with Crippen molar-refractivity contribution in [2.24, 2.45) is 0 Å². The second-order valence-electron chi connectivity index (χ2n) is 5.90. The van der Waals surface area contributed by atoms with Gasteiger partial charge in [0.15, 0.2) is 0 Å². The summed E-state index contributed by atoms with van der Waals surface area (Å²) < 4.78 is 5.71. The highest BCUT2D eigenvalue weighted by molar-refractivity contribution is 6.34. The van der Waals surface area contributed by atoms with E-state index in [1.165, 1.54) is 0 Å². The van der Waals surface area contributed by atoms with Gasteiger partial charge >= 0.3 is 0 Å². The molecular weight excluding hydrogens is 323 g/mol. The molecule has 1 amide bonds. The predicted octanol–water partition coefficient (Wildman–Crippen LogP) is 3.12. The molecule has 120 valence electrons. The second-order valence-corrected chi connectivity index (χ2v) is 6.74. The van der Waals surface area contributed by atoms with E-state index in [0.717, 1.165) is 32.2 Å². The molecule has 2 aliphatic rings. The molecule has 1 aliphatic carbocycles. The topological polar surface area (TPSA) is 41.6 Å². The third-order valence-electron chi connectivity index (χ3n) is 4.12. The number of hydrogen-bond acceptors (Lipinski definition) is 3. The first-order chi connectivity index (χ1) is 10.6. The van der Waals surface area contributed by atoms with E-state index in [0.29, 0.717) is 35.0 Å². The van der Waals surface area contributed by atoms with Crippen LogP contribution in [0.25, 0.3) is 0 Å². The van der Waals surface area contributed by atoms with Gasteiger partial charge in [-0.15, -0.1) is 0 Å². The van der Waals surface area contributed by atoms with Crippen LogP contribution in [-0.2, 0) is 4.79 Å². The molecule has 1 saturated carbocycles. The van der Waals surface area contributed by atoms with Gasteiger partial charge in [-0.1, -0.05) is 23.2 Å². The Bertz CT molecular complexity index is 549. The number of nitrogens with one attached hydrogen (secondary N) is 1. The van der Waals surface area contributed by atoms with Crippen molar-refractivity contribution in [1.82, 2.24) is 10.2 Å². The lowest BCUT2D eigenvalue weighted by atomic mass is 10.2. The molecule has 3 rings (SSSR count). The van der Waals surface area contributed by atoms with Crippen LogP contribution in [0.2, 0.25) is 10.0 Å². The van der Waals surface area contributed by atoms with Gasteiger partial charge < -0.3 is 10.1 Å². The maximum atomic E-state index is 12.2. The number of carbonyl (C=O) groups is 1. The summed E-state index contributed by atoms with van der Waals surface area (Å²) in [7, 11) is 0. The number of halogens is 2. The molecule has 4 nitrogen and oxygen atoms in total. The summed E-state index contributed by atoms with van der Waals surface area (Å²) in [5.41, 5.74) is 0. The van der Waals surface area contributed by atoms with Crippen LogP contribution in [-0.4, -0.2) is 42.6 Å². The Morgan fingerprint density at radius 2 is 2.14 bits per heavy atom. The molecule has 0 spiro atoms. The number of ether oxygens (including phenoxy) is 1. The zero-order valence-corrected chi connectivity index (χ0v) is 13.9. The van der Waals surface area contributed by atoms with Crippen LogP contribution in [0.3, 0.4) is 0 Å². The summed E-state index contributed by atoms with van der Waals surface area (Å²) in [4.78, 5) is 14.4. The van der Waals surface area contributed by atoms with Crippen molar-refractivity contribution in [3.63, 3.8) is 0 Å². The Balaban J connectivity index is 1.49. The first-order valence-electron chi connectivity index (χ1n) is 7.76. The highest BCUT2D eigenvalue weighted by Crippen LogP contribution is 2.28. The van der Waals surface area contributed by atoms with Crippen molar-refractivity contribution in [1.29, 1.82) is 0 Å². The fourth-order valence-corrected chi connectivity index (χ4v) is 3.11. The summed E-state index contributed by atoms with van der Waals surface area (Å²) in [5, 5.41) is 4.24. The standard InChI is InChI=1S/C16H20Cl2N2O2/c17-11-3-6-13(18)15(10-11)22-9-8-20-7-1-2-14(20)16(21)19-12-4-5-12/h3,6,10,12,14H,1-2,4-5,7-9H2,(H,19,21)/t14-/m0/s1. The maximum Gasteiger partial charge on any atom is 0.237 e. The quantitative estimate of drug-likeness (QED) is 0.863. The summed E-state index contributed by atoms with van der Waals surface area (Å²) in [5.74, 6) is 0.758. The largest absolute Gasteiger partial charge is 0.491 e. The predicted molar refractivity (Wildman–Crippen MR) is 87.7 cm³/mol. The number of likely N-dealkylation sites (tertiary alicyclic amines) is 1. The average molecular weight is 343 g/mol. The van der Waals surface area contributed by atoms with Crippen LogP contribution in [0.1, 0.15) is 25.7 Å². The Morgan fingerprint density at radius 1 is 1.32 bits per heavy atom. The van der Waals surface area contributed by atoms with Crippen LogP contribution in [0.15, 0.2) is 18.2 Å². The molecule has 1 aliphatic heterocycles. The Kier molecular flexibility index (Phi) is 5.11. The van der Waals surface area contributed by atoms with Crippen molar-refractivity contribution in [3.8, 4) is 5.75 Å². The normalized spacial score (nSPS) is 21.8. The van der Waals surface area contributed by atoms with Gasteiger partial charge in [0.1, 0.15) is 12.4 Å². The van der Waals surface area contributed by atoms with Crippen LogP contribution in [0.4, 0.5) is 0 Å². The molecule has 1 aromatic rings. The van der Waals surface area contributed by atoms with E-state index < -0.39 is 0 Å². The molecule has 1 N–H and O–H groups in total. The highest BCUT2D eigenvalue weighted by Gasteiger charge is 2.33. The van der Waals surface area contributed by atoms with Crippen LogP contribution in [0, 0.1) is 0 Å². The zero-order valence-electron chi connectivity index (χ0n) is 12.4. The summed E-state index contributed by atoms with van der Waals surface area (Å²) >= 11 is 12.0. The molecule has 1 atom stereocenters. The minimum absolute atomic E-state index is 0.0148. The van der Waals surface area contributed by atoms with Crippen molar-refractivity contribution in [2.45, 2.75) is 37.8 Å². The molecule has 1 saturated heterocycles. The van der Waals surface area contributed by atoms with Gasteiger partial charge in [0.25, 0.3) is 0 Å². The SMILES string of the molecule is O=C(NC1CC1)[C@@H]1CCCN1CCOc1cc(Cl)ccc1Cl. The van der Waals surface area contributed by atoms with Crippen molar-refractivity contribution in [2.75, 3.05) is 19.7 Å². The van der Waals surface area contributed by atoms with Crippen LogP contribution in [0.5, 0.6) is 5.75 Å². The lowest BCUT2D eigenvalue weighted by molar-refractivity contribution is -0.125. The number of nitrogens with zero attached hydrogens (tertiary/aromatic N) is 1. The van der Waals surface area contributed by atoms with Crippen molar-refractivity contribution < 1.29 is 9.53 Å². The summed E-state index contributed by atoms with van der Waals surface area (Å²) in [6, 6.07) is 5.57. The smallest absolute Gasteiger partial charge is 0.237 e. The van der Waals surface area contributed by atoms with Gasteiger partial charge in [-0.3, -0.25) is 9.69 Å². The van der Waals surface area contributed by atoms with Gasteiger partial charge in [-0.2, -0.15) is 0 Å². The van der Waals surface area contributed by atoms with Gasteiger partial charge in [0.2, 0.25) is 5.91 Å². The monoisotopic (exact) mass is 342 g/mol. The molecule has 0 unspecified atom stereocenters. The van der Waals surface area contributed by atoms with E-state index in [1.54, 1.807) is 18.2 Å². The molecular formula is C16H20Cl2N2O2. The number of rotatable bonds is 6. The second kappa shape index (κ2) is 7.07. The van der Waals surface area contributed by atoms with Crippen LogP contribution < -0.4 is 10.1 Å². The lowest BCUT2D eigenvalue weighted by Gasteiger charge is -2.23.